The monoisotopic (exact) mass is 298 g/mol. The van der Waals surface area contributed by atoms with Crippen LogP contribution < -0.4 is 15.2 Å². The van der Waals surface area contributed by atoms with Crippen LogP contribution >= 0.6 is 12.4 Å². The summed E-state index contributed by atoms with van der Waals surface area (Å²) >= 11 is 0. The van der Waals surface area contributed by atoms with Crippen molar-refractivity contribution in [3.05, 3.63) is 23.8 Å². The van der Waals surface area contributed by atoms with E-state index in [4.69, 9.17) is 15.2 Å². The Hall–Kier alpha value is -1.46. The normalized spacial score (nSPS) is 17.8. The summed E-state index contributed by atoms with van der Waals surface area (Å²) < 4.78 is 10.5. The SMILES string of the molecule is Cl.NCC1CCN(C(=O)c2ccc3c(c2)OCO3)CC1. The van der Waals surface area contributed by atoms with Crippen LogP contribution in [0.2, 0.25) is 0 Å². The molecule has 2 N–H and O–H groups in total. The lowest BCUT2D eigenvalue weighted by atomic mass is 9.96. The molecule has 6 heteroatoms. The Balaban J connectivity index is 0.00000147. The Morgan fingerprint density at radius 2 is 1.95 bits per heavy atom. The molecule has 1 saturated heterocycles. The molecule has 2 heterocycles. The number of piperidine rings is 1. The van der Waals surface area contributed by atoms with Crippen LogP contribution in [0.4, 0.5) is 0 Å². The molecule has 1 fully saturated rings. The fourth-order valence-corrected chi connectivity index (χ4v) is 2.58. The van der Waals surface area contributed by atoms with Crippen molar-refractivity contribution < 1.29 is 14.3 Å². The van der Waals surface area contributed by atoms with Crippen molar-refractivity contribution in [1.82, 2.24) is 4.90 Å². The minimum Gasteiger partial charge on any atom is -0.454 e. The Morgan fingerprint density at radius 3 is 2.65 bits per heavy atom. The molecule has 0 unspecified atom stereocenters. The fraction of sp³-hybridized carbons (Fsp3) is 0.500. The highest BCUT2D eigenvalue weighted by molar-refractivity contribution is 5.95. The Labute approximate surface area is 124 Å². The van der Waals surface area contributed by atoms with E-state index in [0.717, 1.165) is 25.9 Å². The third-order valence-corrected chi connectivity index (χ3v) is 3.85. The molecule has 2 aliphatic rings. The maximum absolute atomic E-state index is 12.4. The molecule has 110 valence electrons. The van der Waals surface area contributed by atoms with Gasteiger partial charge in [-0.15, -0.1) is 12.4 Å². The first-order valence-corrected chi connectivity index (χ1v) is 6.67. The van der Waals surface area contributed by atoms with Gasteiger partial charge in [0, 0.05) is 18.7 Å². The van der Waals surface area contributed by atoms with Gasteiger partial charge in [0.2, 0.25) is 6.79 Å². The van der Waals surface area contributed by atoms with Gasteiger partial charge in [0.1, 0.15) is 0 Å². The molecule has 0 aromatic heterocycles. The molecule has 20 heavy (non-hydrogen) atoms. The zero-order valence-electron chi connectivity index (χ0n) is 11.2. The average Bonchev–Trinajstić information content (AvgIpc) is 2.94. The van der Waals surface area contributed by atoms with E-state index in [0.29, 0.717) is 29.5 Å². The second kappa shape index (κ2) is 6.33. The lowest BCUT2D eigenvalue weighted by Gasteiger charge is -2.31. The van der Waals surface area contributed by atoms with Gasteiger partial charge in [-0.05, 0) is 43.5 Å². The van der Waals surface area contributed by atoms with Crippen molar-refractivity contribution >= 4 is 18.3 Å². The van der Waals surface area contributed by atoms with Crippen molar-refractivity contribution in [3.8, 4) is 11.5 Å². The van der Waals surface area contributed by atoms with Gasteiger partial charge >= 0.3 is 0 Å². The number of hydrogen-bond acceptors (Lipinski definition) is 4. The van der Waals surface area contributed by atoms with E-state index in [-0.39, 0.29) is 25.1 Å². The van der Waals surface area contributed by atoms with Crippen molar-refractivity contribution in [2.24, 2.45) is 11.7 Å². The molecule has 0 saturated carbocycles. The van der Waals surface area contributed by atoms with Gasteiger partial charge in [-0.2, -0.15) is 0 Å². The summed E-state index contributed by atoms with van der Waals surface area (Å²) in [7, 11) is 0. The number of hydrogen-bond donors (Lipinski definition) is 1. The topological polar surface area (TPSA) is 64.8 Å². The number of carbonyl (C=O) groups is 1. The number of ether oxygens (including phenoxy) is 2. The van der Waals surface area contributed by atoms with Gasteiger partial charge in [-0.1, -0.05) is 0 Å². The van der Waals surface area contributed by atoms with Crippen LogP contribution in [0.25, 0.3) is 0 Å². The van der Waals surface area contributed by atoms with Crippen molar-refractivity contribution in [2.75, 3.05) is 26.4 Å². The second-order valence-corrected chi connectivity index (χ2v) is 5.04. The highest BCUT2D eigenvalue weighted by Gasteiger charge is 2.24. The number of carbonyl (C=O) groups excluding carboxylic acids is 1. The van der Waals surface area contributed by atoms with E-state index in [1.54, 1.807) is 18.2 Å². The van der Waals surface area contributed by atoms with Crippen LogP contribution in [-0.4, -0.2) is 37.2 Å². The van der Waals surface area contributed by atoms with E-state index in [1.165, 1.54) is 0 Å². The Morgan fingerprint density at radius 1 is 1.25 bits per heavy atom. The first-order valence-electron chi connectivity index (χ1n) is 6.67. The van der Waals surface area contributed by atoms with Crippen molar-refractivity contribution in [1.29, 1.82) is 0 Å². The number of fused-ring (bicyclic) bond motifs is 1. The highest BCUT2D eigenvalue weighted by Crippen LogP contribution is 2.33. The van der Waals surface area contributed by atoms with Gasteiger partial charge in [0.05, 0.1) is 0 Å². The van der Waals surface area contributed by atoms with Crippen molar-refractivity contribution in [2.45, 2.75) is 12.8 Å². The van der Waals surface area contributed by atoms with E-state index in [2.05, 4.69) is 0 Å². The number of nitrogens with zero attached hydrogens (tertiary/aromatic N) is 1. The molecule has 1 amide bonds. The molecule has 1 aromatic rings. The maximum Gasteiger partial charge on any atom is 0.253 e. The number of likely N-dealkylation sites (tertiary alicyclic amines) is 1. The van der Waals surface area contributed by atoms with Crippen LogP contribution in [0.5, 0.6) is 11.5 Å². The summed E-state index contributed by atoms with van der Waals surface area (Å²) in [6.45, 7) is 2.52. The summed E-state index contributed by atoms with van der Waals surface area (Å²) in [5, 5.41) is 0. The zero-order valence-corrected chi connectivity index (χ0v) is 12.0. The number of rotatable bonds is 2. The third-order valence-electron chi connectivity index (χ3n) is 3.85. The third kappa shape index (κ3) is 2.83. The van der Waals surface area contributed by atoms with Crippen molar-refractivity contribution in [3.63, 3.8) is 0 Å². The van der Waals surface area contributed by atoms with E-state index in [9.17, 15) is 4.79 Å². The molecule has 3 rings (SSSR count). The summed E-state index contributed by atoms with van der Waals surface area (Å²) in [6.07, 6.45) is 1.99. The maximum atomic E-state index is 12.4. The first-order chi connectivity index (χ1) is 9.28. The highest BCUT2D eigenvalue weighted by atomic mass is 35.5. The molecule has 0 aliphatic carbocycles. The summed E-state index contributed by atoms with van der Waals surface area (Å²) in [4.78, 5) is 14.3. The Bertz CT molecular complexity index is 487. The molecule has 0 spiro atoms. The smallest absolute Gasteiger partial charge is 0.253 e. The summed E-state index contributed by atoms with van der Waals surface area (Å²) in [6, 6.07) is 5.35. The molecule has 2 aliphatic heterocycles. The van der Waals surface area contributed by atoms with Crippen LogP contribution in [0.1, 0.15) is 23.2 Å². The molecule has 5 nitrogen and oxygen atoms in total. The lowest BCUT2D eigenvalue weighted by Crippen LogP contribution is -2.40. The predicted molar refractivity (Wildman–Crippen MR) is 77.5 cm³/mol. The number of halogens is 1. The molecule has 0 radical (unpaired) electrons. The van der Waals surface area contributed by atoms with Crippen LogP contribution in [0.3, 0.4) is 0 Å². The zero-order chi connectivity index (χ0) is 13.2. The minimum absolute atomic E-state index is 0. The minimum atomic E-state index is 0. The van der Waals surface area contributed by atoms with Gasteiger partial charge < -0.3 is 20.1 Å². The average molecular weight is 299 g/mol. The standard InChI is InChI=1S/C14H18N2O3.ClH/c15-8-10-3-5-16(6-4-10)14(17)11-1-2-12-13(7-11)19-9-18-12;/h1-2,7,10H,3-6,8-9,15H2;1H. The number of amides is 1. The fourth-order valence-electron chi connectivity index (χ4n) is 2.58. The van der Waals surface area contributed by atoms with Gasteiger partial charge in [-0.3, -0.25) is 4.79 Å². The van der Waals surface area contributed by atoms with Crippen LogP contribution in [0.15, 0.2) is 18.2 Å². The summed E-state index contributed by atoms with van der Waals surface area (Å²) in [5.74, 6) is 1.98. The lowest BCUT2D eigenvalue weighted by molar-refractivity contribution is 0.0693. The van der Waals surface area contributed by atoms with Gasteiger partial charge in [0.15, 0.2) is 11.5 Å². The predicted octanol–water partition coefficient (Wildman–Crippen LogP) is 1.65. The largest absolute Gasteiger partial charge is 0.454 e. The summed E-state index contributed by atoms with van der Waals surface area (Å²) in [5.41, 5.74) is 6.33. The molecular weight excluding hydrogens is 280 g/mol. The second-order valence-electron chi connectivity index (χ2n) is 5.04. The Kier molecular flexibility index (Phi) is 4.73. The van der Waals surface area contributed by atoms with Crippen LogP contribution in [0, 0.1) is 5.92 Å². The first kappa shape index (κ1) is 14.9. The van der Waals surface area contributed by atoms with Gasteiger partial charge in [0.25, 0.3) is 5.91 Å². The van der Waals surface area contributed by atoms with Crippen LogP contribution in [-0.2, 0) is 0 Å². The molecule has 0 bridgehead atoms. The van der Waals surface area contributed by atoms with Gasteiger partial charge in [-0.25, -0.2) is 0 Å². The molecule has 1 aromatic carbocycles. The van der Waals surface area contributed by atoms with E-state index < -0.39 is 0 Å². The van der Waals surface area contributed by atoms with E-state index >= 15 is 0 Å². The molecular formula is C14H19ClN2O3. The number of benzene rings is 1. The molecule has 0 atom stereocenters. The quantitative estimate of drug-likeness (QED) is 0.901. The van der Waals surface area contributed by atoms with E-state index in [1.807, 2.05) is 4.90 Å². The number of nitrogens with two attached hydrogens (primary N) is 1.